The van der Waals surface area contributed by atoms with E-state index in [9.17, 15) is 0 Å². The molecule has 0 fully saturated rings. The zero-order valence-corrected chi connectivity index (χ0v) is 12.3. The van der Waals surface area contributed by atoms with Crippen molar-refractivity contribution in [2.24, 2.45) is 0 Å². The average Bonchev–Trinajstić information content (AvgIpc) is 3.00. The van der Waals surface area contributed by atoms with E-state index in [1.54, 1.807) is 0 Å². The second-order valence-corrected chi connectivity index (χ2v) is 6.18. The highest BCUT2D eigenvalue weighted by atomic mass is 16.3. The lowest BCUT2D eigenvalue weighted by Crippen LogP contribution is -1.84. The van der Waals surface area contributed by atoms with Crippen LogP contribution in [-0.2, 0) is 0 Å². The average molecular weight is 292 g/mol. The monoisotopic (exact) mass is 292 g/mol. The van der Waals surface area contributed by atoms with Gasteiger partial charge in [-0.05, 0) is 27.6 Å². The van der Waals surface area contributed by atoms with Crippen molar-refractivity contribution < 1.29 is 4.42 Å². The highest BCUT2D eigenvalue weighted by molar-refractivity contribution is 6.36. The van der Waals surface area contributed by atoms with Crippen LogP contribution in [0.1, 0.15) is 0 Å². The van der Waals surface area contributed by atoms with Crippen LogP contribution in [0.3, 0.4) is 0 Å². The number of rotatable bonds is 0. The van der Waals surface area contributed by atoms with Crippen molar-refractivity contribution in [1.82, 2.24) is 0 Å². The summed E-state index contributed by atoms with van der Waals surface area (Å²) in [7, 11) is 0. The Bertz CT molecular complexity index is 1350. The van der Waals surface area contributed by atoms with Gasteiger partial charge in [-0.25, -0.2) is 0 Å². The van der Waals surface area contributed by atoms with Crippen LogP contribution >= 0.6 is 0 Å². The van der Waals surface area contributed by atoms with Crippen LogP contribution in [0.15, 0.2) is 77.2 Å². The van der Waals surface area contributed by atoms with Crippen molar-refractivity contribution >= 4 is 54.3 Å². The first-order chi connectivity index (χ1) is 11.4. The van der Waals surface area contributed by atoms with Crippen LogP contribution in [-0.4, -0.2) is 0 Å². The molecular weight excluding hydrogens is 280 g/mol. The van der Waals surface area contributed by atoms with Gasteiger partial charge < -0.3 is 4.42 Å². The highest BCUT2D eigenvalue weighted by Crippen LogP contribution is 2.44. The van der Waals surface area contributed by atoms with E-state index in [0.29, 0.717) is 0 Å². The second kappa shape index (κ2) is 3.82. The van der Waals surface area contributed by atoms with Gasteiger partial charge in [0.15, 0.2) is 0 Å². The fourth-order valence-corrected chi connectivity index (χ4v) is 4.06. The summed E-state index contributed by atoms with van der Waals surface area (Å²) in [5.41, 5.74) is 1.96. The van der Waals surface area contributed by atoms with E-state index in [1.165, 1.54) is 43.1 Å². The van der Waals surface area contributed by atoms with Crippen molar-refractivity contribution in [3.8, 4) is 0 Å². The first-order valence-electron chi connectivity index (χ1n) is 7.88. The first kappa shape index (κ1) is 11.5. The molecule has 6 aromatic rings. The molecule has 0 radical (unpaired) electrons. The Kier molecular flexibility index (Phi) is 1.91. The molecule has 0 aliphatic rings. The summed E-state index contributed by atoms with van der Waals surface area (Å²) in [5, 5.41) is 10.1. The number of benzene rings is 5. The van der Waals surface area contributed by atoms with E-state index < -0.39 is 0 Å². The lowest BCUT2D eigenvalue weighted by Gasteiger charge is -2.11. The van der Waals surface area contributed by atoms with Crippen LogP contribution < -0.4 is 0 Å². The minimum absolute atomic E-state index is 0.958. The molecular formula is C22H12O. The lowest BCUT2D eigenvalue weighted by atomic mass is 9.91. The molecule has 1 aromatic heterocycles. The Morgan fingerprint density at radius 1 is 0.478 bits per heavy atom. The Morgan fingerprint density at radius 3 is 1.96 bits per heavy atom. The summed E-state index contributed by atoms with van der Waals surface area (Å²) in [5.74, 6) is 0. The normalized spacial score (nSPS) is 12.3. The molecule has 0 unspecified atom stereocenters. The smallest absolute Gasteiger partial charge is 0.143 e. The maximum absolute atomic E-state index is 6.27. The van der Waals surface area contributed by atoms with Gasteiger partial charge in [0, 0.05) is 21.5 Å². The number of fused-ring (bicyclic) bond motifs is 5. The maximum Gasteiger partial charge on any atom is 0.143 e. The third kappa shape index (κ3) is 1.29. The Morgan fingerprint density at radius 2 is 1.13 bits per heavy atom. The van der Waals surface area contributed by atoms with Crippen LogP contribution in [0.4, 0.5) is 0 Å². The Labute approximate surface area is 132 Å². The number of furan rings is 1. The van der Waals surface area contributed by atoms with Gasteiger partial charge in [-0.15, -0.1) is 0 Å². The van der Waals surface area contributed by atoms with E-state index in [-0.39, 0.29) is 0 Å². The molecule has 0 bridgehead atoms. The molecule has 0 aliphatic heterocycles. The SMILES string of the molecule is c1ccc2c(c1)oc1c3cccc4ccc5cccc(c21)c5c43. The molecule has 6 rings (SSSR count). The minimum Gasteiger partial charge on any atom is -0.455 e. The van der Waals surface area contributed by atoms with Crippen molar-refractivity contribution in [3.05, 3.63) is 72.8 Å². The molecule has 1 heteroatoms. The van der Waals surface area contributed by atoms with E-state index >= 15 is 0 Å². The number of hydrogen-bond acceptors (Lipinski definition) is 1. The zero-order chi connectivity index (χ0) is 15.0. The topological polar surface area (TPSA) is 13.1 Å². The van der Waals surface area contributed by atoms with Gasteiger partial charge in [0.25, 0.3) is 0 Å². The van der Waals surface area contributed by atoms with E-state index in [1.807, 2.05) is 6.07 Å². The third-order valence-corrected chi connectivity index (χ3v) is 5.00. The molecule has 0 amide bonds. The zero-order valence-electron chi connectivity index (χ0n) is 12.3. The lowest BCUT2D eigenvalue weighted by molar-refractivity contribution is 0.673. The van der Waals surface area contributed by atoms with Crippen molar-refractivity contribution in [2.75, 3.05) is 0 Å². The largest absolute Gasteiger partial charge is 0.455 e. The summed E-state index contributed by atoms with van der Waals surface area (Å²) in [6.45, 7) is 0. The van der Waals surface area contributed by atoms with Gasteiger partial charge in [-0.1, -0.05) is 66.7 Å². The van der Waals surface area contributed by atoms with Gasteiger partial charge >= 0.3 is 0 Å². The van der Waals surface area contributed by atoms with E-state index in [0.717, 1.165) is 11.2 Å². The molecule has 0 N–H and O–H groups in total. The molecule has 23 heavy (non-hydrogen) atoms. The van der Waals surface area contributed by atoms with E-state index in [2.05, 4.69) is 66.7 Å². The van der Waals surface area contributed by atoms with Crippen LogP contribution in [0.2, 0.25) is 0 Å². The standard InChI is InChI=1S/C22H12O/c1-2-10-18-15(7-1)21-16-8-3-5-13-11-12-14-6-4-9-17(22(21)23-18)20(14)19(13)16/h1-12H. The fraction of sp³-hybridized carbons (Fsp3) is 0. The molecule has 1 heterocycles. The van der Waals surface area contributed by atoms with Crippen molar-refractivity contribution in [2.45, 2.75) is 0 Å². The van der Waals surface area contributed by atoms with E-state index in [4.69, 9.17) is 4.42 Å². The first-order valence-corrected chi connectivity index (χ1v) is 7.88. The predicted molar refractivity (Wildman–Crippen MR) is 97.4 cm³/mol. The molecule has 0 saturated heterocycles. The summed E-state index contributed by atoms with van der Waals surface area (Å²) in [6.07, 6.45) is 0. The van der Waals surface area contributed by atoms with Crippen LogP contribution in [0.25, 0.3) is 54.3 Å². The summed E-state index contributed by atoms with van der Waals surface area (Å²) in [4.78, 5) is 0. The summed E-state index contributed by atoms with van der Waals surface area (Å²) < 4.78 is 6.27. The van der Waals surface area contributed by atoms with Crippen LogP contribution in [0, 0.1) is 0 Å². The summed E-state index contributed by atoms with van der Waals surface area (Å²) in [6, 6.07) is 25.8. The predicted octanol–water partition coefficient (Wildman–Crippen LogP) is 6.48. The fourth-order valence-electron chi connectivity index (χ4n) is 4.06. The van der Waals surface area contributed by atoms with Gasteiger partial charge in [-0.2, -0.15) is 0 Å². The molecule has 5 aromatic carbocycles. The van der Waals surface area contributed by atoms with Gasteiger partial charge in [0.1, 0.15) is 11.2 Å². The maximum atomic E-state index is 6.27. The Balaban J connectivity index is 2.13. The molecule has 106 valence electrons. The molecule has 0 saturated carbocycles. The van der Waals surface area contributed by atoms with Gasteiger partial charge in [0.2, 0.25) is 0 Å². The minimum atomic E-state index is 0.958. The number of hydrogen-bond donors (Lipinski definition) is 0. The van der Waals surface area contributed by atoms with Gasteiger partial charge in [0.05, 0.1) is 0 Å². The second-order valence-electron chi connectivity index (χ2n) is 6.18. The van der Waals surface area contributed by atoms with Gasteiger partial charge in [-0.3, -0.25) is 0 Å². The molecule has 0 atom stereocenters. The third-order valence-electron chi connectivity index (χ3n) is 5.00. The summed E-state index contributed by atoms with van der Waals surface area (Å²) >= 11 is 0. The molecule has 0 aliphatic carbocycles. The van der Waals surface area contributed by atoms with Crippen molar-refractivity contribution in [1.29, 1.82) is 0 Å². The quantitative estimate of drug-likeness (QED) is 0.292. The molecule has 0 spiro atoms. The molecule has 1 nitrogen and oxygen atoms in total. The van der Waals surface area contributed by atoms with Crippen LogP contribution in [0.5, 0.6) is 0 Å². The van der Waals surface area contributed by atoms with Crippen molar-refractivity contribution in [3.63, 3.8) is 0 Å². The highest BCUT2D eigenvalue weighted by Gasteiger charge is 2.17. The Hall–Kier alpha value is -3.06. The number of para-hydroxylation sites is 1.